The lowest BCUT2D eigenvalue weighted by Gasteiger charge is -2.34. The van der Waals surface area contributed by atoms with Gasteiger partial charge in [0, 0.05) is 19.3 Å². The van der Waals surface area contributed by atoms with Gasteiger partial charge in [-0.3, -0.25) is 9.59 Å². The normalized spacial score (nSPS) is 13.6. The molecule has 8 heteroatoms. The van der Waals surface area contributed by atoms with Crippen molar-refractivity contribution >= 4 is 17.9 Å². The first kappa shape index (κ1) is 50.0. The van der Waals surface area contributed by atoms with E-state index in [4.69, 9.17) is 14.2 Å². The minimum atomic E-state index is -1.14. The maximum atomic E-state index is 12.6. The summed E-state index contributed by atoms with van der Waals surface area (Å²) in [5, 5.41) is 11.6. The second-order valence-corrected chi connectivity index (χ2v) is 14.9. The summed E-state index contributed by atoms with van der Waals surface area (Å²) in [5.41, 5.74) is 0. The van der Waals surface area contributed by atoms with Crippen LogP contribution in [0.4, 0.5) is 0 Å². The van der Waals surface area contributed by atoms with E-state index in [2.05, 4.69) is 74.6 Å². The lowest BCUT2D eigenvalue weighted by molar-refractivity contribution is -0.889. The quantitative estimate of drug-likeness (QED) is 0.0207. The highest BCUT2D eigenvalue weighted by Gasteiger charge is 2.25. The molecule has 8 nitrogen and oxygen atoms in total. The van der Waals surface area contributed by atoms with Gasteiger partial charge in [0.05, 0.1) is 40.3 Å². The van der Waals surface area contributed by atoms with Crippen LogP contribution < -0.4 is 5.11 Å². The first-order valence-electron chi connectivity index (χ1n) is 20.8. The van der Waals surface area contributed by atoms with Gasteiger partial charge in [-0.15, -0.1) is 0 Å². The standard InChI is InChI=1S/C45H77NO7/c1-6-8-10-12-14-16-18-19-20-21-22-23-24-26-27-29-31-33-35-43(47)52-40-41(39-51-38-37-42(45(49)50)46(3,4)5)53-44(48)36-34-32-30-28-25-17-15-13-11-9-7-2/h9,11,15,17,20-23,28,30,41-42H,6-8,10,12-14,16,18-19,24-27,29,31-40H2,1-5H3/b11-9+,17-15+,21-20+,23-22+,30-28+. The Morgan fingerprint density at radius 3 is 1.72 bits per heavy atom. The van der Waals surface area contributed by atoms with E-state index >= 15 is 0 Å². The lowest BCUT2D eigenvalue weighted by Crippen LogP contribution is -2.55. The maximum Gasteiger partial charge on any atom is 0.306 e. The number of nitrogens with zero attached hydrogens (tertiary/aromatic N) is 1. The molecule has 0 aromatic rings. The molecule has 0 aromatic heterocycles. The first-order valence-corrected chi connectivity index (χ1v) is 20.8. The van der Waals surface area contributed by atoms with Crippen molar-refractivity contribution in [3.05, 3.63) is 60.8 Å². The Bertz CT molecular complexity index is 1050. The van der Waals surface area contributed by atoms with Crippen LogP contribution in [0.5, 0.6) is 0 Å². The van der Waals surface area contributed by atoms with Gasteiger partial charge in [0.1, 0.15) is 12.6 Å². The smallest absolute Gasteiger partial charge is 0.306 e. The topological polar surface area (TPSA) is 102 Å². The summed E-state index contributed by atoms with van der Waals surface area (Å²) < 4.78 is 17.0. The highest BCUT2D eigenvalue weighted by atomic mass is 16.6. The summed E-state index contributed by atoms with van der Waals surface area (Å²) in [4.78, 5) is 36.7. The molecule has 0 saturated heterocycles. The molecule has 0 aliphatic heterocycles. The van der Waals surface area contributed by atoms with E-state index in [1.54, 1.807) is 21.1 Å². The predicted molar refractivity (Wildman–Crippen MR) is 217 cm³/mol. The number of hydrogen-bond donors (Lipinski definition) is 0. The number of hydrogen-bond acceptors (Lipinski definition) is 7. The second kappa shape index (κ2) is 36.0. The van der Waals surface area contributed by atoms with Crippen molar-refractivity contribution in [2.24, 2.45) is 0 Å². The van der Waals surface area contributed by atoms with Crippen LogP contribution in [-0.2, 0) is 28.6 Å². The fourth-order valence-corrected chi connectivity index (χ4v) is 5.67. The molecule has 0 aliphatic rings. The van der Waals surface area contributed by atoms with E-state index in [1.165, 1.54) is 51.4 Å². The molecule has 0 heterocycles. The molecule has 0 rings (SSSR count). The van der Waals surface area contributed by atoms with E-state index in [9.17, 15) is 19.5 Å². The molecule has 304 valence electrons. The van der Waals surface area contributed by atoms with Crippen LogP contribution in [0.15, 0.2) is 60.8 Å². The number of unbranched alkanes of at least 4 members (excludes halogenated alkanes) is 13. The van der Waals surface area contributed by atoms with Gasteiger partial charge >= 0.3 is 11.9 Å². The van der Waals surface area contributed by atoms with Gasteiger partial charge in [0.2, 0.25) is 0 Å². The molecule has 2 atom stereocenters. The number of ether oxygens (including phenoxy) is 3. The molecular formula is C45H77NO7. The highest BCUT2D eigenvalue weighted by molar-refractivity contribution is 5.70. The number of carbonyl (C=O) groups excluding carboxylic acids is 3. The van der Waals surface area contributed by atoms with E-state index in [-0.39, 0.29) is 49.1 Å². The zero-order valence-corrected chi connectivity index (χ0v) is 34.4. The van der Waals surface area contributed by atoms with Crippen molar-refractivity contribution in [2.75, 3.05) is 41.0 Å². The predicted octanol–water partition coefficient (Wildman–Crippen LogP) is 9.69. The third-order valence-corrected chi connectivity index (χ3v) is 8.92. The molecule has 0 aliphatic carbocycles. The van der Waals surface area contributed by atoms with Crippen LogP contribution in [0, 0.1) is 0 Å². The molecule has 0 spiro atoms. The number of carbonyl (C=O) groups is 3. The fourth-order valence-electron chi connectivity index (χ4n) is 5.67. The number of esters is 2. The molecule has 0 radical (unpaired) electrons. The van der Waals surface area contributed by atoms with Crippen molar-refractivity contribution in [1.29, 1.82) is 0 Å². The van der Waals surface area contributed by atoms with Crippen LogP contribution in [0.2, 0.25) is 0 Å². The fraction of sp³-hybridized carbons (Fsp3) is 0.711. The summed E-state index contributed by atoms with van der Waals surface area (Å²) in [6.45, 7) is 4.44. The Labute approximate surface area is 324 Å². The molecule has 53 heavy (non-hydrogen) atoms. The Morgan fingerprint density at radius 1 is 0.604 bits per heavy atom. The monoisotopic (exact) mass is 744 g/mol. The molecule has 0 saturated carbocycles. The van der Waals surface area contributed by atoms with E-state index < -0.39 is 18.1 Å². The average molecular weight is 744 g/mol. The summed E-state index contributed by atoms with van der Waals surface area (Å²) in [7, 11) is 5.37. The van der Waals surface area contributed by atoms with Gasteiger partial charge in [-0.1, -0.05) is 132 Å². The third kappa shape index (κ3) is 34.5. The van der Waals surface area contributed by atoms with Gasteiger partial charge in [0.25, 0.3) is 0 Å². The third-order valence-electron chi connectivity index (χ3n) is 8.92. The van der Waals surface area contributed by atoms with Crippen molar-refractivity contribution in [2.45, 2.75) is 167 Å². The maximum absolute atomic E-state index is 12.6. The van der Waals surface area contributed by atoms with Crippen molar-refractivity contribution in [3.63, 3.8) is 0 Å². The van der Waals surface area contributed by atoms with Gasteiger partial charge in [0.15, 0.2) is 6.10 Å². The summed E-state index contributed by atoms with van der Waals surface area (Å²) in [6, 6.07) is -0.738. The Hall–Kier alpha value is -2.97. The number of allylic oxidation sites excluding steroid dienone is 10. The number of rotatable bonds is 36. The summed E-state index contributed by atoms with van der Waals surface area (Å²) >= 11 is 0. The number of aliphatic carboxylic acids is 1. The van der Waals surface area contributed by atoms with Crippen LogP contribution in [0.3, 0.4) is 0 Å². The lowest BCUT2D eigenvalue weighted by atomic mass is 10.1. The van der Waals surface area contributed by atoms with Gasteiger partial charge in [-0.25, -0.2) is 0 Å². The SMILES string of the molecule is CC/C=C/C/C=C/C/C=C/CCCC(=O)OC(COCCC(C(=O)[O-])[N+](C)(C)C)COC(=O)CCCCCCC/C=C/C=C/CCCCCCCCC. The molecule has 0 N–H and O–H groups in total. The Morgan fingerprint density at radius 2 is 1.13 bits per heavy atom. The number of carboxylic acids is 1. The van der Waals surface area contributed by atoms with Gasteiger partial charge < -0.3 is 28.6 Å². The summed E-state index contributed by atoms with van der Waals surface area (Å²) in [5.74, 6) is -1.83. The molecule has 0 fully saturated rings. The number of quaternary nitrogens is 1. The average Bonchev–Trinajstić information content (AvgIpc) is 3.11. The van der Waals surface area contributed by atoms with E-state index in [1.807, 2.05) is 0 Å². The van der Waals surface area contributed by atoms with Crippen LogP contribution in [0.1, 0.15) is 155 Å². The molecule has 2 unspecified atom stereocenters. The zero-order valence-electron chi connectivity index (χ0n) is 34.4. The minimum Gasteiger partial charge on any atom is -0.544 e. The van der Waals surface area contributed by atoms with Gasteiger partial charge in [-0.2, -0.15) is 0 Å². The van der Waals surface area contributed by atoms with Crippen LogP contribution in [-0.4, -0.2) is 75.5 Å². The molecule has 0 aromatic carbocycles. The first-order chi connectivity index (χ1) is 25.6. The summed E-state index contributed by atoms with van der Waals surface area (Å²) in [6.07, 6.45) is 42.6. The molecule has 0 bridgehead atoms. The largest absolute Gasteiger partial charge is 0.544 e. The zero-order chi connectivity index (χ0) is 39.3. The van der Waals surface area contributed by atoms with Crippen LogP contribution >= 0.6 is 0 Å². The second-order valence-electron chi connectivity index (χ2n) is 14.9. The van der Waals surface area contributed by atoms with Crippen LogP contribution in [0.25, 0.3) is 0 Å². The van der Waals surface area contributed by atoms with Gasteiger partial charge in [-0.05, 0) is 64.2 Å². The Balaban J connectivity index is 4.42. The molecular weight excluding hydrogens is 666 g/mol. The highest BCUT2D eigenvalue weighted by Crippen LogP contribution is 2.12. The molecule has 0 amide bonds. The number of likely N-dealkylation sites (N-methyl/N-ethyl adjacent to an activating group) is 1. The van der Waals surface area contributed by atoms with E-state index in [0.29, 0.717) is 12.8 Å². The number of carboxylic acid groups (broad SMARTS) is 1. The van der Waals surface area contributed by atoms with Crippen molar-refractivity contribution < 1.29 is 38.2 Å². The van der Waals surface area contributed by atoms with E-state index in [0.717, 1.165) is 64.2 Å². The minimum absolute atomic E-state index is 0.0129. The van der Waals surface area contributed by atoms with Crippen molar-refractivity contribution in [3.8, 4) is 0 Å². The van der Waals surface area contributed by atoms with Crippen molar-refractivity contribution in [1.82, 2.24) is 0 Å². The Kier molecular flexibility index (Phi) is 34.0.